The van der Waals surface area contributed by atoms with E-state index in [1.54, 1.807) is 0 Å². The zero-order valence-corrected chi connectivity index (χ0v) is 14.9. The highest BCUT2D eigenvalue weighted by Crippen LogP contribution is 2.05. The van der Waals surface area contributed by atoms with Crippen molar-refractivity contribution in [3.8, 4) is 0 Å². The van der Waals surface area contributed by atoms with Crippen LogP contribution in [0.4, 0.5) is 4.79 Å². The van der Waals surface area contributed by atoms with Gasteiger partial charge in [0.2, 0.25) is 0 Å². The first kappa shape index (κ1) is 22.8. The minimum Gasteiger partial charge on any atom is -0.481 e. The molecule has 0 atom stereocenters. The third-order valence-electron chi connectivity index (χ3n) is 2.44. The molecule has 0 unspecified atom stereocenters. The van der Waals surface area contributed by atoms with Gasteiger partial charge in [-0.1, -0.05) is 6.58 Å². The zero-order valence-electron chi connectivity index (χ0n) is 14.1. The molecule has 1 amide bonds. The van der Waals surface area contributed by atoms with Crippen molar-refractivity contribution in [2.24, 2.45) is 0 Å². The van der Waals surface area contributed by atoms with Gasteiger partial charge in [-0.15, -0.1) is 0 Å². The highest BCUT2D eigenvalue weighted by atomic mass is 32.2. The minimum atomic E-state index is -0.875. The second kappa shape index (κ2) is 14.1. The summed E-state index contributed by atoms with van der Waals surface area (Å²) in [7, 11) is 0. The van der Waals surface area contributed by atoms with Gasteiger partial charge in [-0.05, 0) is 6.92 Å². The standard InChI is InChI=1S/C15H23NO8S/c1-11(2)14(20)23-6-5-16-15(21)24-8-7-22-13(19)4-10-25-9-3-12(17)18/h1,3-10H2,2H3,(H,16,21)(H,17,18). The summed E-state index contributed by atoms with van der Waals surface area (Å²) in [4.78, 5) is 44.0. The quantitative estimate of drug-likeness (QED) is 0.209. The first-order chi connectivity index (χ1) is 11.8. The molecule has 142 valence electrons. The van der Waals surface area contributed by atoms with Crippen molar-refractivity contribution in [1.82, 2.24) is 5.32 Å². The number of carbonyl (C=O) groups is 4. The van der Waals surface area contributed by atoms with Crippen molar-refractivity contribution in [2.45, 2.75) is 19.8 Å². The van der Waals surface area contributed by atoms with Crippen molar-refractivity contribution >= 4 is 35.8 Å². The molecule has 0 radical (unpaired) electrons. The van der Waals surface area contributed by atoms with Gasteiger partial charge in [-0.3, -0.25) is 9.59 Å². The van der Waals surface area contributed by atoms with Crippen LogP contribution in [0.2, 0.25) is 0 Å². The zero-order chi connectivity index (χ0) is 19.1. The van der Waals surface area contributed by atoms with Crippen LogP contribution in [0.1, 0.15) is 19.8 Å². The fourth-order valence-electron chi connectivity index (χ4n) is 1.25. The number of alkyl carbamates (subject to hydrolysis) is 1. The molecule has 0 aliphatic rings. The number of carboxylic acid groups (broad SMARTS) is 1. The molecule has 0 aliphatic carbocycles. The molecule has 0 aliphatic heterocycles. The Hall–Kier alpha value is -2.23. The molecule has 0 saturated heterocycles. The smallest absolute Gasteiger partial charge is 0.407 e. The van der Waals surface area contributed by atoms with Crippen LogP contribution in [0, 0.1) is 0 Å². The van der Waals surface area contributed by atoms with Gasteiger partial charge >= 0.3 is 24.0 Å². The van der Waals surface area contributed by atoms with Crippen molar-refractivity contribution in [3.05, 3.63) is 12.2 Å². The molecule has 0 bridgehead atoms. The maximum atomic E-state index is 11.4. The van der Waals surface area contributed by atoms with Gasteiger partial charge in [0.1, 0.15) is 19.8 Å². The molecule has 0 aromatic rings. The summed E-state index contributed by atoms with van der Waals surface area (Å²) < 4.78 is 14.4. The monoisotopic (exact) mass is 377 g/mol. The first-order valence-electron chi connectivity index (χ1n) is 7.51. The molecule has 9 nitrogen and oxygen atoms in total. The lowest BCUT2D eigenvalue weighted by atomic mass is 10.4. The van der Waals surface area contributed by atoms with Crippen molar-refractivity contribution in [3.63, 3.8) is 0 Å². The Labute approximate surface area is 150 Å². The number of hydrogen-bond donors (Lipinski definition) is 2. The fourth-order valence-corrected chi connectivity index (χ4v) is 2.08. The van der Waals surface area contributed by atoms with Gasteiger partial charge in [0.15, 0.2) is 0 Å². The molecule has 0 spiro atoms. The second-order valence-electron chi connectivity index (χ2n) is 4.71. The maximum Gasteiger partial charge on any atom is 0.407 e. The number of carbonyl (C=O) groups excluding carboxylic acids is 3. The van der Waals surface area contributed by atoms with E-state index in [4.69, 9.17) is 19.3 Å². The van der Waals surface area contributed by atoms with Crippen molar-refractivity contribution < 1.29 is 38.5 Å². The highest BCUT2D eigenvalue weighted by molar-refractivity contribution is 7.99. The Morgan fingerprint density at radius 1 is 1.00 bits per heavy atom. The van der Waals surface area contributed by atoms with E-state index < -0.39 is 24.0 Å². The van der Waals surface area contributed by atoms with Gasteiger partial charge in [-0.2, -0.15) is 11.8 Å². The van der Waals surface area contributed by atoms with E-state index in [0.717, 1.165) is 0 Å². The number of esters is 2. The van der Waals surface area contributed by atoms with Crippen LogP contribution in [0.25, 0.3) is 0 Å². The second-order valence-corrected chi connectivity index (χ2v) is 5.93. The molecule has 0 fully saturated rings. The van der Waals surface area contributed by atoms with Crippen LogP contribution < -0.4 is 5.32 Å². The predicted octanol–water partition coefficient (Wildman–Crippen LogP) is 0.973. The van der Waals surface area contributed by atoms with E-state index in [9.17, 15) is 19.2 Å². The predicted molar refractivity (Wildman–Crippen MR) is 90.3 cm³/mol. The molecule has 0 saturated carbocycles. The Balaban J connectivity index is 3.49. The van der Waals surface area contributed by atoms with Gasteiger partial charge in [-0.25, -0.2) is 9.59 Å². The van der Waals surface area contributed by atoms with Crippen LogP contribution in [0.3, 0.4) is 0 Å². The lowest BCUT2D eigenvalue weighted by Crippen LogP contribution is -2.29. The van der Waals surface area contributed by atoms with Crippen molar-refractivity contribution in [1.29, 1.82) is 0 Å². The molecule has 10 heteroatoms. The van der Waals surface area contributed by atoms with E-state index in [-0.39, 0.29) is 44.8 Å². The lowest BCUT2D eigenvalue weighted by Gasteiger charge is -2.08. The molecular weight excluding hydrogens is 354 g/mol. The number of nitrogens with one attached hydrogen (secondary N) is 1. The third-order valence-corrected chi connectivity index (χ3v) is 3.43. The number of rotatable bonds is 13. The minimum absolute atomic E-state index is 0.00464. The SMILES string of the molecule is C=C(C)C(=O)OCCNC(=O)OCCOC(=O)CCSCCC(=O)O. The Morgan fingerprint density at radius 3 is 2.28 bits per heavy atom. The normalized spacial score (nSPS) is 9.80. The number of hydrogen-bond acceptors (Lipinski definition) is 8. The molecule has 2 N–H and O–H groups in total. The average Bonchev–Trinajstić information content (AvgIpc) is 2.54. The number of ether oxygens (including phenoxy) is 3. The summed E-state index contributed by atoms with van der Waals surface area (Å²) in [5.41, 5.74) is 0.268. The summed E-state index contributed by atoms with van der Waals surface area (Å²) in [6, 6.07) is 0. The van der Waals surface area contributed by atoms with Crippen LogP contribution >= 0.6 is 11.8 Å². The van der Waals surface area contributed by atoms with Crippen LogP contribution in [-0.4, -0.2) is 67.0 Å². The van der Waals surface area contributed by atoms with E-state index >= 15 is 0 Å². The molecule has 0 rings (SSSR count). The highest BCUT2D eigenvalue weighted by Gasteiger charge is 2.06. The number of aliphatic carboxylic acids is 1. The first-order valence-corrected chi connectivity index (χ1v) is 8.66. The summed E-state index contributed by atoms with van der Waals surface area (Å²) in [5.74, 6) is -0.953. The van der Waals surface area contributed by atoms with E-state index in [1.165, 1.54) is 18.7 Å². The Morgan fingerprint density at radius 2 is 1.64 bits per heavy atom. The molecule has 25 heavy (non-hydrogen) atoms. The number of amides is 1. The van der Waals surface area contributed by atoms with E-state index in [2.05, 4.69) is 11.9 Å². The summed E-state index contributed by atoms with van der Waals surface area (Å²) >= 11 is 1.35. The van der Waals surface area contributed by atoms with Crippen molar-refractivity contribution in [2.75, 3.05) is 37.9 Å². The Kier molecular flexibility index (Phi) is 12.9. The molecule has 0 heterocycles. The summed E-state index contributed by atoms with van der Waals surface area (Å²) in [6.07, 6.45) is -0.508. The largest absolute Gasteiger partial charge is 0.481 e. The molecule has 0 aromatic carbocycles. The van der Waals surface area contributed by atoms with Gasteiger partial charge in [0.05, 0.1) is 19.4 Å². The molecular formula is C15H23NO8S. The summed E-state index contributed by atoms with van der Waals surface area (Å²) in [5, 5.41) is 10.8. The maximum absolute atomic E-state index is 11.4. The van der Waals surface area contributed by atoms with E-state index in [0.29, 0.717) is 11.5 Å². The van der Waals surface area contributed by atoms with Crippen LogP contribution in [0.15, 0.2) is 12.2 Å². The fraction of sp³-hybridized carbons (Fsp3) is 0.600. The third kappa shape index (κ3) is 15.1. The van der Waals surface area contributed by atoms with Gasteiger partial charge < -0.3 is 24.6 Å². The molecule has 0 aromatic heterocycles. The van der Waals surface area contributed by atoms with Gasteiger partial charge in [0, 0.05) is 17.1 Å². The van der Waals surface area contributed by atoms with Gasteiger partial charge in [0.25, 0.3) is 0 Å². The topological polar surface area (TPSA) is 128 Å². The van der Waals surface area contributed by atoms with Crippen LogP contribution in [-0.2, 0) is 28.6 Å². The lowest BCUT2D eigenvalue weighted by molar-refractivity contribution is -0.144. The van der Waals surface area contributed by atoms with E-state index in [1.807, 2.05) is 0 Å². The summed E-state index contributed by atoms with van der Waals surface area (Å²) in [6.45, 7) is 4.84. The Bertz CT molecular complexity index is 480. The number of carboxylic acids is 1. The number of thioether (sulfide) groups is 1. The van der Waals surface area contributed by atoms with Crippen LogP contribution in [0.5, 0.6) is 0 Å². The average molecular weight is 377 g/mol.